The average molecular weight is 521 g/mol. The third-order valence-electron chi connectivity index (χ3n) is 6.78. The fourth-order valence-electron chi connectivity index (χ4n) is 4.58. The largest absolute Gasteiger partial charge is 0.456 e. The lowest BCUT2D eigenvalue weighted by atomic mass is 9.99. The molecule has 2 heterocycles. The summed E-state index contributed by atoms with van der Waals surface area (Å²) in [4.78, 5) is 29.8. The molecule has 188 valence electrons. The number of hydrogen-bond donors (Lipinski definition) is 1. The van der Waals surface area contributed by atoms with Gasteiger partial charge in [-0.05, 0) is 52.8 Å². The third kappa shape index (κ3) is 4.76. The van der Waals surface area contributed by atoms with Gasteiger partial charge >= 0.3 is 6.09 Å². The molecule has 0 atom stereocenters. The fraction of sp³-hybridized carbons (Fsp3) is 0.129. The molecule has 0 spiro atoms. The average Bonchev–Trinajstić information content (AvgIpc) is 3.67. The highest BCUT2D eigenvalue weighted by atomic mass is 32.1. The van der Waals surface area contributed by atoms with E-state index in [1.165, 1.54) is 11.3 Å². The Morgan fingerprint density at radius 1 is 0.895 bits per heavy atom. The highest BCUT2D eigenvalue weighted by Crippen LogP contribution is 2.49. The Labute approximate surface area is 223 Å². The predicted molar refractivity (Wildman–Crippen MR) is 149 cm³/mol. The maximum absolute atomic E-state index is 12.7. The van der Waals surface area contributed by atoms with Crippen molar-refractivity contribution in [1.82, 2.24) is 4.98 Å². The second-order valence-electron chi connectivity index (χ2n) is 9.21. The van der Waals surface area contributed by atoms with Crippen LogP contribution in [0.25, 0.3) is 31.8 Å². The Morgan fingerprint density at radius 2 is 1.58 bits per heavy atom. The third-order valence-corrected chi connectivity index (χ3v) is 7.94. The van der Waals surface area contributed by atoms with Gasteiger partial charge in [0.05, 0.1) is 10.6 Å². The van der Waals surface area contributed by atoms with Crippen molar-refractivity contribution in [3.8, 4) is 21.6 Å². The number of nitrogens with zero attached hydrogens (tertiary/aromatic N) is 1. The number of carbonyl (C=O) groups excluding carboxylic acids is 2. The lowest BCUT2D eigenvalue weighted by molar-refractivity contribution is -0.136. The van der Waals surface area contributed by atoms with E-state index in [-0.39, 0.29) is 6.61 Å². The molecule has 5 aromatic rings. The van der Waals surface area contributed by atoms with Crippen molar-refractivity contribution in [1.29, 1.82) is 0 Å². The summed E-state index contributed by atoms with van der Waals surface area (Å²) in [5.41, 5.74) is 5.32. The SMILES string of the molecule is O=COC1(c2ccc(-c3ccc(-c4sc5ncccc5c4NC(=O)OCc4ccccc4)cc3)cc2)CC1. The quantitative estimate of drug-likeness (QED) is 0.214. The molecule has 1 amide bonds. The molecule has 1 N–H and O–H groups in total. The van der Waals surface area contributed by atoms with Crippen LogP contribution in [0.5, 0.6) is 0 Å². The molecule has 0 aliphatic heterocycles. The van der Waals surface area contributed by atoms with Gasteiger partial charge in [-0.3, -0.25) is 10.1 Å². The van der Waals surface area contributed by atoms with Gasteiger partial charge in [-0.25, -0.2) is 9.78 Å². The molecule has 1 aliphatic rings. The summed E-state index contributed by atoms with van der Waals surface area (Å²) in [7, 11) is 0. The molecule has 0 bridgehead atoms. The first-order valence-electron chi connectivity index (χ1n) is 12.3. The minimum Gasteiger partial charge on any atom is -0.456 e. The number of ether oxygens (including phenoxy) is 2. The first-order valence-corrected chi connectivity index (χ1v) is 13.1. The molecule has 1 aliphatic carbocycles. The van der Waals surface area contributed by atoms with Gasteiger partial charge < -0.3 is 9.47 Å². The van der Waals surface area contributed by atoms with Gasteiger partial charge in [0.2, 0.25) is 0 Å². The summed E-state index contributed by atoms with van der Waals surface area (Å²) >= 11 is 1.53. The summed E-state index contributed by atoms with van der Waals surface area (Å²) < 4.78 is 10.8. The highest BCUT2D eigenvalue weighted by Gasteiger charge is 2.46. The van der Waals surface area contributed by atoms with E-state index < -0.39 is 11.7 Å². The minimum absolute atomic E-state index is 0.193. The van der Waals surface area contributed by atoms with Gasteiger partial charge in [-0.2, -0.15) is 0 Å². The van der Waals surface area contributed by atoms with E-state index in [0.29, 0.717) is 12.2 Å². The zero-order valence-corrected chi connectivity index (χ0v) is 21.2. The second-order valence-corrected chi connectivity index (χ2v) is 10.2. The molecule has 2 aromatic heterocycles. The number of rotatable bonds is 8. The van der Waals surface area contributed by atoms with Gasteiger partial charge in [0.1, 0.15) is 17.0 Å². The van der Waals surface area contributed by atoms with Crippen LogP contribution in [0, 0.1) is 0 Å². The summed E-state index contributed by atoms with van der Waals surface area (Å²) in [6.07, 6.45) is 2.96. The molecular formula is C31H24N2O4S. The number of pyridine rings is 1. The van der Waals surface area contributed by atoms with E-state index in [9.17, 15) is 9.59 Å². The fourth-order valence-corrected chi connectivity index (χ4v) is 5.69. The van der Waals surface area contributed by atoms with Crippen LogP contribution >= 0.6 is 11.3 Å². The van der Waals surface area contributed by atoms with Crippen LogP contribution in [-0.4, -0.2) is 17.5 Å². The maximum Gasteiger partial charge on any atom is 0.412 e. The summed E-state index contributed by atoms with van der Waals surface area (Å²) in [5, 5.41) is 3.83. The first kappa shape index (κ1) is 23.9. The minimum atomic E-state index is -0.512. The second kappa shape index (κ2) is 10.1. The molecule has 0 radical (unpaired) electrons. The van der Waals surface area contributed by atoms with Crippen molar-refractivity contribution >= 4 is 39.8 Å². The molecule has 7 heteroatoms. The number of amides is 1. The van der Waals surface area contributed by atoms with Crippen LogP contribution < -0.4 is 5.32 Å². The van der Waals surface area contributed by atoms with Crippen LogP contribution in [0.3, 0.4) is 0 Å². The van der Waals surface area contributed by atoms with Crippen LogP contribution in [0.15, 0.2) is 97.2 Å². The summed E-state index contributed by atoms with van der Waals surface area (Å²) in [5.74, 6) is 0. The number of anilines is 1. The van der Waals surface area contributed by atoms with E-state index in [2.05, 4.69) is 34.6 Å². The zero-order chi connectivity index (χ0) is 26.0. The van der Waals surface area contributed by atoms with Crippen LogP contribution in [-0.2, 0) is 26.5 Å². The van der Waals surface area contributed by atoms with E-state index in [1.54, 1.807) is 6.20 Å². The van der Waals surface area contributed by atoms with Gasteiger partial charge in [0, 0.05) is 11.6 Å². The van der Waals surface area contributed by atoms with Crippen LogP contribution in [0.2, 0.25) is 0 Å². The van der Waals surface area contributed by atoms with Crippen molar-refractivity contribution in [2.45, 2.75) is 25.0 Å². The van der Waals surface area contributed by atoms with E-state index in [0.717, 1.165) is 55.8 Å². The van der Waals surface area contributed by atoms with Gasteiger partial charge in [-0.1, -0.05) is 78.9 Å². The summed E-state index contributed by atoms with van der Waals surface area (Å²) in [6, 6.07) is 29.8. The van der Waals surface area contributed by atoms with E-state index >= 15 is 0 Å². The topological polar surface area (TPSA) is 77.5 Å². The molecule has 1 fully saturated rings. The number of carbonyl (C=O) groups is 2. The van der Waals surface area contributed by atoms with E-state index in [1.807, 2.05) is 66.7 Å². The molecule has 0 unspecified atom stereocenters. The zero-order valence-electron chi connectivity index (χ0n) is 20.4. The number of hydrogen-bond acceptors (Lipinski definition) is 6. The predicted octanol–water partition coefficient (Wildman–Crippen LogP) is 7.54. The maximum atomic E-state index is 12.7. The van der Waals surface area contributed by atoms with Crippen molar-refractivity contribution in [2.75, 3.05) is 5.32 Å². The molecule has 6 nitrogen and oxygen atoms in total. The Kier molecular flexibility index (Phi) is 6.35. The number of benzene rings is 3. The summed E-state index contributed by atoms with van der Waals surface area (Å²) in [6.45, 7) is 0.730. The van der Waals surface area contributed by atoms with Crippen molar-refractivity contribution in [2.24, 2.45) is 0 Å². The standard InChI is InChI=1S/C31H24N2O4S/c34-20-37-31(16-17-31)25-14-12-23(13-15-25)22-8-10-24(11-9-22)28-27(26-7-4-18-32-29(26)38-28)33-30(35)36-19-21-5-2-1-3-6-21/h1-15,18,20H,16-17,19H2,(H,33,35). The van der Waals surface area contributed by atoms with Crippen molar-refractivity contribution in [3.05, 3.63) is 108 Å². The van der Waals surface area contributed by atoms with Gasteiger partial charge in [0.25, 0.3) is 6.47 Å². The van der Waals surface area contributed by atoms with Crippen LogP contribution in [0.1, 0.15) is 24.0 Å². The first-order chi connectivity index (χ1) is 18.6. The lowest BCUT2D eigenvalue weighted by Crippen LogP contribution is -2.13. The highest BCUT2D eigenvalue weighted by molar-refractivity contribution is 7.22. The molecule has 6 rings (SSSR count). The normalized spacial score (nSPS) is 13.6. The Balaban J connectivity index is 1.24. The molecule has 0 saturated heterocycles. The number of aromatic nitrogens is 1. The Morgan fingerprint density at radius 3 is 2.26 bits per heavy atom. The monoisotopic (exact) mass is 520 g/mol. The number of nitrogens with one attached hydrogen (secondary N) is 1. The van der Waals surface area contributed by atoms with Crippen molar-refractivity contribution in [3.63, 3.8) is 0 Å². The van der Waals surface area contributed by atoms with Gasteiger partial charge in [-0.15, -0.1) is 11.3 Å². The Hall–Kier alpha value is -4.49. The van der Waals surface area contributed by atoms with Crippen LogP contribution in [0.4, 0.5) is 10.5 Å². The molecule has 38 heavy (non-hydrogen) atoms. The number of fused-ring (bicyclic) bond motifs is 1. The van der Waals surface area contributed by atoms with Gasteiger partial charge in [0.15, 0.2) is 0 Å². The Bertz CT molecular complexity index is 1590. The smallest absolute Gasteiger partial charge is 0.412 e. The van der Waals surface area contributed by atoms with Crippen molar-refractivity contribution < 1.29 is 19.1 Å². The number of thiophene rings is 1. The molecule has 3 aromatic carbocycles. The molecular weight excluding hydrogens is 496 g/mol. The van der Waals surface area contributed by atoms with E-state index in [4.69, 9.17) is 9.47 Å². The molecule has 1 saturated carbocycles. The lowest BCUT2D eigenvalue weighted by Gasteiger charge is -2.14.